The zero-order valence-electron chi connectivity index (χ0n) is 9.72. The molecule has 1 aromatic carbocycles. The first kappa shape index (κ1) is 10.3. The molecule has 1 fully saturated rings. The molecule has 0 unspecified atom stereocenters. The first-order valence-electron chi connectivity index (χ1n) is 5.76. The Kier molecular flexibility index (Phi) is 2.33. The fourth-order valence-electron chi connectivity index (χ4n) is 1.94. The van der Waals surface area contributed by atoms with Gasteiger partial charge in [-0.25, -0.2) is 5.84 Å². The maximum Gasteiger partial charge on any atom is 0.164 e. The lowest BCUT2D eigenvalue weighted by Gasteiger charge is -2.02. The number of rotatable bonds is 2. The van der Waals surface area contributed by atoms with Gasteiger partial charge >= 0.3 is 0 Å². The number of nitrogens with two attached hydrogens (primary N) is 1. The Labute approximate surface area is 99.3 Å². The van der Waals surface area contributed by atoms with Crippen molar-refractivity contribution in [3.8, 4) is 0 Å². The lowest BCUT2D eigenvalue weighted by Crippen LogP contribution is -2.32. The summed E-state index contributed by atoms with van der Waals surface area (Å²) in [7, 11) is 1.93. The number of hydrazine groups is 1. The molecule has 1 aromatic heterocycles. The Bertz CT molecular complexity index is 580. The van der Waals surface area contributed by atoms with Crippen LogP contribution in [0.1, 0.15) is 18.5 Å². The van der Waals surface area contributed by atoms with E-state index >= 15 is 0 Å². The molecule has 0 aliphatic heterocycles. The molecule has 0 saturated heterocycles. The molecule has 3 rings (SSSR count). The van der Waals surface area contributed by atoms with Crippen LogP contribution in [0.25, 0.3) is 10.9 Å². The first-order valence-corrected chi connectivity index (χ1v) is 5.76. The summed E-state index contributed by atoms with van der Waals surface area (Å²) in [6.45, 7) is 0. The van der Waals surface area contributed by atoms with Gasteiger partial charge in [-0.2, -0.15) is 5.10 Å². The molecule has 5 nitrogen and oxygen atoms in total. The highest BCUT2D eigenvalue weighted by molar-refractivity contribution is 6.07. The largest absolute Gasteiger partial charge is 0.307 e. The first-order chi connectivity index (χ1) is 8.29. The number of aryl methyl sites for hydroxylation is 1. The molecule has 1 aliphatic carbocycles. The van der Waals surface area contributed by atoms with E-state index < -0.39 is 0 Å². The van der Waals surface area contributed by atoms with E-state index in [0.717, 1.165) is 29.4 Å². The van der Waals surface area contributed by atoms with Gasteiger partial charge in [0.15, 0.2) is 5.84 Å². The number of nitrogens with zero attached hydrogens (tertiary/aromatic N) is 3. The summed E-state index contributed by atoms with van der Waals surface area (Å²) in [4.78, 5) is 4.54. The molecule has 0 bridgehead atoms. The van der Waals surface area contributed by atoms with Crippen LogP contribution in [-0.2, 0) is 7.05 Å². The molecule has 5 heteroatoms. The van der Waals surface area contributed by atoms with Crippen LogP contribution < -0.4 is 11.3 Å². The molecule has 2 aromatic rings. The van der Waals surface area contributed by atoms with Gasteiger partial charge in [-0.15, -0.1) is 0 Å². The lowest BCUT2D eigenvalue weighted by atomic mass is 10.2. The van der Waals surface area contributed by atoms with Gasteiger partial charge in [0.1, 0.15) is 5.69 Å². The summed E-state index contributed by atoms with van der Waals surface area (Å²) < 4.78 is 1.85. The van der Waals surface area contributed by atoms with Crippen LogP contribution in [0.3, 0.4) is 0 Å². The van der Waals surface area contributed by atoms with Crippen LogP contribution in [0.4, 0.5) is 0 Å². The minimum atomic E-state index is 0.418. The minimum Gasteiger partial charge on any atom is -0.307 e. The van der Waals surface area contributed by atoms with Gasteiger partial charge in [0, 0.05) is 12.4 Å². The standard InChI is InChI=1S/C12H15N5/c1-17-10-5-3-2-4-9(10)11(16-17)12(15-13)14-8-6-7-8/h2-5,8H,6-7,13H2,1H3,(H,14,15). The fraction of sp³-hybridized carbons (Fsp3) is 0.333. The van der Waals surface area contributed by atoms with Crippen molar-refractivity contribution >= 4 is 16.7 Å². The number of aliphatic imine (C=N–C) groups is 1. The van der Waals surface area contributed by atoms with E-state index in [1.165, 1.54) is 0 Å². The molecule has 0 amide bonds. The van der Waals surface area contributed by atoms with Crippen LogP contribution in [0, 0.1) is 0 Å². The second kappa shape index (κ2) is 3.85. The molecule has 1 aliphatic rings. The van der Waals surface area contributed by atoms with Crippen molar-refractivity contribution in [3.05, 3.63) is 30.0 Å². The van der Waals surface area contributed by atoms with Gasteiger partial charge in [0.25, 0.3) is 0 Å². The van der Waals surface area contributed by atoms with Crippen LogP contribution >= 0.6 is 0 Å². The predicted molar refractivity (Wildman–Crippen MR) is 67.6 cm³/mol. The van der Waals surface area contributed by atoms with Crippen molar-refractivity contribution in [2.75, 3.05) is 0 Å². The highest BCUT2D eigenvalue weighted by Crippen LogP contribution is 2.25. The van der Waals surface area contributed by atoms with Gasteiger partial charge in [0.2, 0.25) is 0 Å². The normalized spacial score (nSPS) is 16.5. The fourth-order valence-corrected chi connectivity index (χ4v) is 1.94. The number of benzene rings is 1. The van der Waals surface area contributed by atoms with Crippen LogP contribution in [0.15, 0.2) is 29.3 Å². The molecule has 1 heterocycles. The Morgan fingerprint density at radius 2 is 2.24 bits per heavy atom. The van der Waals surface area contributed by atoms with E-state index in [-0.39, 0.29) is 0 Å². The van der Waals surface area contributed by atoms with E-state index in [2.05, 4.69) is 15.5 Å². The Morgan fingerprint density at radius 3 is 2.94 bits per heavy atom. The lowest BCUT2D eigenvalue weighted by molar-refractivity contribution is 0.788. The summed E-state index contributed by atoms with van der Waals surface area (Å²) in [5.41, 5.74) is 4.58. The molecule has 1 saturated carbocycles. The molecule has 88 valence electrons. The summed E-state index contributed by atoms with van der Waals surface area (Å²) >= 11 is 0. The van der Waals surface area contributed by atoms with Crippen molar-refractivity contribution in [3.63, 3.8) is 0 Å². The number of fused-ring (bicyclic) bond motifs is 1. The molecule has 3 N–H and O–H groups in total. The molecule has 0 spiro atoms. The Hall–Kier alpha value is -1.88. The van der Waals surface area contributed by atoms with Gasteiger partial charge in [-0.3, -0.25) is 9.67 Å². The maximum absolute atomic E-state index is 5.55. The summed E-state index contributed by atoms with van der Waals surface area (Å²) in [5, 5.41) is 5.56. The number of hydrogen-bond donors (Lipinski definition) is 2. The minimum absolute atomic E-state index is 0.418. The van der Waals surface area contributed by atoms with E-state index in [9.17, 15) is 0 Å². The Balaban J connectivity index is 2.15. The third-order valence-corrected chi connectivity index (χ3v) is 2.98. The third-order valence-electron chi connectivity index (χ3n) is 2.98. The zero-order chi connectivity index (χ0) is 11.8. The average molecular weight is 229 g/mol. The summed E-state index contributed by atoms with van der Waals surface area (Å²) in [6, 6.07) is 8.50. The van der Waals surface area contributed by atoms with Crippen molar-refractivity contribution in [1.29, 1.82) is 0 Å². The molecule has 0 atom stereocenters. The predicted octanol–water partition coefficient (Wildman–Crippen LogP) is 0.946. The van der Waals surface area contributed by atoms with Crippen molar-refractivity contribution < 1.29 is 0 Å². The quantitative estimate of drug-likeness (QED) is 0.348. The van der Waals surface area contributed by atoms with E-state index in [1.54, 1.807) is 0 Å². The summed E-state index contributed by atoms with van der Waals surface area (Å²) in [6.07, 6.45) is 2.30. The second-order valence-corrected chi connectivity index (χ2v) is 4.34. The third kappa shape index (κ3) is 1.78. The van der Waals surface area contributed by atoms with Gasteiger partial charge in [-0.1, -0.05) is 18.2 Å². The van der Waals surface area contributed by atoms with E-state index in [1.807, 2.05) is 36.0 Å². The Morgan fingerprint density at radius 1 is 1.47 bits per heavy atom. The monoisotopic (exact) mass is 229 g/mol. The smallest absolute Gasteiger partial charge is 0.164 e. The van der Waals surface area contributed by atoms with Gasteiger partial charge in [-0.05, 0) is 18.9 Å². The van der Waals surface area contributed by atoms with Crippen molar-refractivity contribution in [1.82, 2.24) is 15.2 Å². The number of nitrogens with one attached hydrogen (secondary N) is 1. The second-order valence-electron chi connectivity index (χ2n) is 4.34. The molecular weight excluding hydrogens is 214 g/mol. The van der Waals surface area contributed by atoms with Gasteiger partial charge < -0.3 is 5.43 Å². The SMILES string of the molecule is Cn1nc(C(=NC2CC2)NN)c2ccccc21. The maximum atomic E-state index is 5.55. The zero-order valence-corrected chi connectivity index (χ0v) is 9.72. The van der Waals surface area contributed by atoms with Crippen LogP contribution in [0.5, 0.6) is 0 Å². The molecule has 0 radical (unpaired) electrons. The van der Waals surface area contributed by atoms with E-state index in [0.29, 0.717) is 11.9 Å². The molecule has 17 heavy (non-hydrogen) atoms. The number of amidine groups is 1. The average Bonchev–Trinajstić information content (AvgIpc) is 3.12. The highest BCUT2D eigenvalue weighted by Gasteiger charge is 2.23. The molecular formula is C12H15N5. The summed E-state index contributed by atoms with van der Waals surface area (Å²) in [5.74, 6) is 6.24. The van der Waals surface area contributed by atoms with Crippen LogP contribution in [-0.4, -0.2) is 21.7 Å². The van der Waals surface area contributed by atoms with Crippen molar-refractivity contribution in [2.45, 2.75) is 18.9 Å². The topological polar surface area (TPSA) is 68.2 Å². The highest BCUT2D eigenvalue weighted by atomic mass is 15.3. The van der Waals surface area contributed by atoms with Crippen molar-refractivity contribution in [2.24, 2.45) is 17.9 Å². The number of hydrogen-bond acceptors (Lipinski definition) is 3. The van der Waals surface area contributed by atoms with E-state index in [4.69, 9.17) is 5.84 Å². The number of para-hydroxylation sites is 1. The number of aromatic nitrogens is 2. The van der Waals surface area contributed by atoms with Crippen LogP contribution in [0.2, 0.25) is 0 Å². The van der Waals surface area contributed by atoms with Gasteiger partial charge in [0.05, 0.1) is 11.6 Å².